The third-order valence-corrected chi connectivity index (χ3v) is 3.79. The van der Waals surface area contributed by atoms with Crippen LogP contribution < -0.4 is 0 Å². The van der Waals surface area contributed by atoms with Gasteiger partial charge >= 0.3 is 0 Å². The van der Waals surface area contributed by atoms with Gasteiger partial charge in [-0.1, -0.05) is 13.0 Å². The normalized spacial score (nSPS) is 23.4. The highest BCUT2D eigenvalue weighted by molar-refractivity contribution is 5.08. The second-order valence-electron chi connectivity index (χ2n) is 5.50. The Morgan fingerprint density at radius 3 is 2.95 bits per heavy atom. The quantitative estimate of drug-likeness (QED) is 0.871. The van der Waals surface area contributed by atoms with Gasteiger partial charge in [0.1, 0.15) is 0 Å². The molecule has 1 aliphatic heterocycles. The van der Waals surface area contributed by atoms with E-state index in [0.717, 1.165) is 39.1 Å². The molecule has 106 valence electrons. The van der Waals surface area contributed by atoms with Gasteiger partial charge < -0.3 is 5.11 Å². The van der Waals surface area contributed by atoms with E-state index in [4.69, 9.17) is 0 Å². The molecule has 1 aromatic rings. The first kappa shape index (κ1) is 14.4. The minimum Gasteiger partial charge on any atom is -0.392 e. The van der Waals surface area contributed by atoms with Crippen LogP contribution in [0, 0.1) is 0 Å². The van der Waals surface area contributed by atoms with Gasteiger partial charge in [0.25, 0.3) is 0 Å². The molecule has 0 aliphatic carbocycles. The third kappa shape index (κ3) is 4.27. The lowest BCUT2D eigenvalue weighted by atomic mass is 10.1. The standard InChI is InChI=1S/C15H25N3O/c1-3-15-12-17(7-8-18(15)10-13(2)19)11-14-5-4-6-16-9-14/h4-6,9,13,15,19H,3,7-8,10-12H2,1-2H3/t13-,15-/m1/s1. The zero-order valence-corrected chi connectivity index (χ0v) is 12.0. The number of aliphatic hydroxyl groups excluding tert-OH is 1. The highest BCUT2D eigenvalue weighted by Crippen LogP contribution is 2.15. The molecule has 1 aliphatic rings. The first-order valence-electron chi connectivity index (χ1n) is 7.22. The molecule has 1 N–H and O–H groups in total. The fraction of sp³-hybridized carbons (Fsp3) is 0.667. The summed E-state index contributed by atoms with van der Waals surface area (Å²) in [5, 5.41) is 9.56. The van der Waals surface area contributed by atoms with Crippen molar-refractivity contribution in [2.45, 2.75) is 39.0 Å². The van der Waals surface area contributed by atoms with Gasteiger partial charge in [-0.15, -0.1) is 0 Å². The summed E-state index contributed by atoms with van der Waals surface area (Å²) in [6.45, 7) is 9.06. The van der Waals surface area contributed by atoms with Crippen molar-refractivity contribution in [3.8, 4) is 0 Å². The van der Waals surface area contributed by atoms with Gasteiger partial charge in [-0.3, -0.25) is 14.8 Å². The van der Waals surface area contributed by atoms with E-state index in [-0.39, 0.29) is 6.10 Å². The number of pyridine rings is 1. The van der Waals surface area contributed by atoms with Crippen molar-refractivity contribution in [1.29, 1.82) is 0 Å². The van der Waals surface area contributed by atoms with Gasteiger partial charge in [0.2, 0.25) is 0 Å². The van der Waals surface area contributed by atoms with Crippen LogP contribution in [-0.4, -0.2) is 58.2 Å². The summed E-state index contributed by atoms with van der Waals surface area (Å²) in [5.74, 6) is 0. The average Bonchev–Trinajstić information content (AvgIpc) is 2.41. The second-order valence-corrected chi connectivity index (χ2v) is 5.50. The number of piperazine rings is 1. The maximum Gasteiger partial charge on any atom is 0.0639 e. The number of hydrogen-bond acceptors (Lipinski definition) is 4. The Morgan fingerprint density at radius 2 is 2.32 bits per heavy atom. The van der Waals surface area contributed by atoms with E-state index in [0.29, 0.717) is 6.04 Å². The van der Waals surface area contributed by atoms with Crippen LogP contribution in [0.5, 0.6) is 0 Å². The highest BCUT2D eigenvalue weighted by atomic mass is 16.3. The summed E-state index contributed by atoms with van der Waals surface area (Å²) < 4.78 is 0. The molecule has 0 bridgehead atoms. The van der Waals surface area contributed by atoms with Gasteiger partial charge in [-0.05, 0) is 25.0 Å². The van der Waals surface area contributed by atoms with E-state index in [1.165, 1.54) is 5.56 Å². The summed E-state index contributed by atoms with van der Waals surface area (Å²) in [5.41, 5.74) is 1.28. The molecule has 0 unspecified atom stereocenters. The van der Waals surface area contributed by atoms with Crippen LogP contribution in [0.1, 0.15) is 25.8 Å². The molecule has 1 aromatic heterocycles. The molecule has 0 amide bonds. The zero-order valence-electron chi connectivity index (χ0n) is 12.0. The number of hydrogen-bond donors (Lipinski definition) is 1. The molecule has 1 saturated heterocycles. The second kappa shape index (κ2) is 6.98. The van der Waals surface area contributed by atoms with E-state index in [2.05, 4.69) is 27.8 Å². The summed E-state index contributed by atoms with van der Waals surface area (Å²) in [6.07, 6.45) is 4.66. The van der Waals surface area contributed by atoms with Crippen LogP contribution in [-0.2, 0) is 6.54 Å². The molecule has 0 radical (unpaired) electrons. The molecule has 19 heavy (non-hydrogen) atoms. The monoisotopic (exact) mass is 263 g/mol. The van der Waals surface area contributed by atoms with Crippen molar-refractivity contribution < 1.29 is 5.11 Å². The maximum atomic E-state index is 9.56. The fourth-order valence-electron chi connectivity index (χ4n) is 2.82. The van der Waals surface area contributed by atoms with E-state index >= 15 is 0 Å². The summed E-state index contributed by atoms with van der Waals surface area (Å²) in [6, 6.07) is 4.69. The molecule has 4 nitrogen and oxygen atoms in total. The first-order valence-corrected chi connectivity index (χ1v) is 7.22. The van der Waals surface area contributed by atoms with E-state index in [1.54, 1.807) is 0 Å². The molecule has 0 saturated carbocycles. The Labute approximate surface area is 116 Å². The topological polar surface area (TPSA) is 39.6 Å². The minimum atomic E-state index is -0.237. The van der Waals surface area contributed by atoms with Gasteiger partial charge in [-0.25, -0.2) is 0 Å². The Balaban J connectivity index is 1.89. The van der Waals surface area contributed by atoms with E-state index < -0.39 is 0 Å². The third-order valence-electron chi connectivity index (χ3n) is 3.79. The molecular weight excluding hydrogens is 238 g/mol. The summed E-state index contributed by atoms with van der Waals surface area (Å²) >= 11 is 0. The predicted octanol–water partition coefficient (Wildman–Crippen LogP) is 1.36. The fourth-order valence-corrected chi connectivity index (χ4v) is 2.82. The smallest absolute Gasteiger partial charge is 0.0639 e. The Kier molecular flexibility index (Phi) is 5.31. The van der Waals surface area contributed by atoms with Gasteiger partial charge in [0.15, 0.2) is 0 Å². The number of aliphatic hydroxyl groups is 1. The molecule has 2 heterocycles. The lowest BCUT2D eigenvalue weighted by Crippen LogP contribution is -2.54. The van der Waals surface area contributed by atoms with Crippen LogP contribution >= 0.6 is 0 Å². The van der Waals surface area contributed by atoms with Gasteiger partial charge in [-0.2, -0.15) is 0 Å². The van der Waals surface area contributed by atoms with Crippen molar-refractivity contribution in [3.63, 3.8) is 0 Å². The number of nitrogens with zero attached hydrogens (tertiary/aromatic N) is 3. The molecule has 4 heteroatoms. The Morgan fingerprint density at radius 1 is 1.47 bits per heavy atom. The first-order chi connectivity index (χ1) is 9.19. The van der Waals surface area contributed by atoms with Crippen LogP contribution in [0.3, 0.4) is 0 Å². The molecule has 0 spiro atoms. The Bertz CT molecular complexity index is 369. The lowest BCUT2D eigenvalue weighted by molar-refractivity contribution is 0.0337. The molecule has 2 rings (SSSR count). The van der Waals surface area contributed by atoms with Crippen LogP contribution in [0.4, 0.5) is 0 Å². The van der Waals surface area contributed by atoms with Crippen LogP contribution in [0.25, 0.3) is 0 Å². The van der Waals surface area contributed by atoms with Crippen LogP contribution in [0.15, 0.2) is 24.5 Å². The number of β-amino-alcohol motifs (C(OH)–C–C–N with tert-alkyl or cyclic N) is 1. The van der Waals surface area contributed by atoms with E-state index in [9.17, 15) is 5.11 Å². The lowest BCUT2D eigenvalue weighted by Gasteiger charge is -2.41. The Hall–Kier alpha value is -0.970. The highest BCUT2D eigenvalue weighted by Gasteiger charge is 2.26. The predicted molar refractivity (Wildman–Crippen MR) is 76.8 cm³/mol. The van der Waals surface area contributed by atoms with Crippen molar-refractivity contribution in [1.82, 2.24) is 14.8 Å². The van der Waals surface area contributed by atoms with Crippen molar-refractivity contribution in [2.75, 3.05) is 26.2 Å². The zero-order chi connectivity index (χ0) is 13.7. The molecule has 0 aromatic carbocycles. The van der Waals surface area contributed by atoms with Crippen LogP contribution in [0.2, 0.25) is 0 Å². The summed E-state index contributed by atoms with van der Waals surface area (Å²) in [4.78, 5) is 9.08. The van der Waals surface area contributed by atoms with Crippen molar-refractivity contribution in [2.24, 2.45) is 0 Å². The number of rotatable bonds is 5. The van der Waals surface area contributed by atoms with Crippen molar-refractivity contribution >= 4 is 0 Å². The van der Waals surface area contributed by atoms with Crippen molar-refractivity contribution in [3.05, 3.63) is 30.1 Å². The van der Waals surface area contributed by atoms with E-state index in [1.807, 2.05) is 25.4 Å². The minimum absolute atomic E-state index is 0.237. The van der Waals surface area contributed by atoms with Gasteiger partial charge in [0.05, 0.1) is 6.10 Å². The number of aromatic nitrogens is 1. The van der Waals surface area contributed by atoms with Gasteiger partial charge in [0, 0.05) is 51.2 Å². The maximum absolute atomic E-state index is 9.56. The average molecular weight is 263 g/mol. The molecular formula is C15H25N3O. The summed E-state index contributed by atoms with van der Waals surface area (Å²) in [7, 11) is 0. The largest absolute Gasteiger partial charge is 0.392 e. The molecule has 1 fully saturated rings. The molecule has 2 atom stereocenters. The SMILES string of the molecule is CC[C@@H]1CN(Cc2cccnc2)CCN1C[C@@H](C)O.